The maximum atomic E-state index is 6.19. The minimum Gasteiger partial charge on any atom is -0.492 e. The number of ether oxygens (including phenoxy) is 1. The number of nitrogens with two attached hydrogens (primary N) is 1. The number of rotatable bonds is 6. The molecule has 0 bridgehead atoms. The van der Waals surface area contributed by atoms with E-state index < -0.39 is 0 Å². The quantitative estimate of drug-likeness (QED) is 0.863. The van der Waals surface area contributed by atoms with Crippen LogP contribution in [0, 0.1) is 5.92 Å². The van der Waals surface area contributed by atoms with E-state index in [4.69, 9.17) is 10.5 Å². The Bertz CT molecular complexity index is 517. The van der Waals surface area contributed by atoms with Gasteiger partial charge in [0.25, 0.3) is 0 Å². The van der Waals surface area contributed by atoms with E-state index in [0.717, 1.165) is 12.3 Å². The topological polar surface area (TPSA) is 40.2 Å². The van der Waals surface area contributed by atoms with Crippen LogP contribution >= 0.6 is 0 Å². The zero-order chi connectivity index (χ0) is 13.1. The summed E-state index contributed by atoms with van der Waals surface area (Å²) in [5, 5.41) is 0. The standard InChI is InChI=1S/C16H20N2O/c17-16(13-6-7-13)14-8-9-18(12-14)10-11-19-15-4-2-1-3-5-15/h1-5,8-9,12-13,16H,6-7,10-11,17H2. The third-order valence-corrected chi connectivity index (χ3v) is 3.65. The maximum Gasteiger partial charge on any atom is 0.119 e. The molecule has 0 spiro atoms. The van der Waals surface area contributed by atoms with Gasteiger partial charge >= 0.3 is 0 Å². The van der Waals surface area contributed by atoms with Crippen LogP contribution in [0.1, 0.15) is 24.4 Å². The van der Waals surface area contributed by atoms with E-state index in [-0.39, 0.29) is 6.04 Å². The Morgan fingerprint density at radius 2 is 2.00 bits per heavy atom. The second-order valence-electron chi connectivity index (χ2n) is 5.21. The molecule has 100 valence electrons. The predicted molar refractivity (Wildman–Crippen MR) is 76.0 cm³/mol. The molecule has 0 aliphatic heterocycles. The van der Waals surface area contributed by atoms with Crippen LogP contribution in [-0.2, 0) is 6.54 Å². The molecule has 0 radical (unpaired) electrons. The summed E-state index contributed by atoms with van der Waals surface area (Å²) >= 11 is 0. The van der Waals surface area contributed by atoms with Crippen molar-refractivity contribution in [2.75, 3.05) is 6.61 Å². The highest BCUT2D eigenvalue weighted by Crippen LogP contribution is 2.39. The third-order valence-electron chi connectivity index (χ3n) is 3.65. The summed E-state index contributed by atoms with van der Waals surface area (Å²) in [6.45, 7) is 1.53. The van der Waals surface area contributed by atoms with E-state index in [2.05, 4.69) is 23.0 Å². The van der Waals surface area contributed by atoms with Crippen LogP contribution in [0.5, 0.6) is 5.75 Å². The van der Waals surface area contributed by atoms with Crippen LogP contribution in [0.2, 0.25) is 0 Å². The molecule has 2 aromatic rings. The van der Waals surface area contributed by atoms with Gasteiger partial charge in [-0.15, -0.1) is 0 Å². The second kappa shape index (κ2) is 5.49. The van der Waals surface area contributed by atoms with Gasteiger partial charge in [0.2, 0.25) is 0 Å². The first-order valence-electron chi connectivity index (χ1n) is 6.92. The minimum atomic E-state index is 0.219. The normalized spacial score (nSPS) is 16.3. The lowest BCUT2D eigenvalue weighted by Gasteiger charge is -2.08. The lowest BCUT2D eigenvalue weighted by atomic mass is 10.1. The molecule has 3 rings (SSSR count). The molecular formula is C16H20N2O. The molecule has 3 heteroatoms. The van der Waals surface area contributed by atoms with E-state index >= 15 is 0 Å². The summed E-state index contributed by atoms with van der Waals surface area (Å²) in [4.78, 5) is 0. The van der Waals surface area contributed by atoms with Crippen molar-refractivity contribution in [3.8, 4) is 5.75 Å². The Kier molecular flexibility index (Phi) is 3.56. The van der Waals surface area contributed by atoms with Gasteiger partial charge in [-0.2, -0.15) is 0 Å². The zero-order valence-electron chi connectivity index (χ0n) is 11.0. The third kappa shape index (κ3) is 3.18. The summed E-state index contributed by atoms with van der Waals surface area (Å²) in [5.74, 6) is 1.63. The molecular weight excluding hydrogens is 236 g/mol. The Labute approximate surface area is 114 Å². The Balaban J connectivity index is 1.50. The van der Waals surface area contributed by atoms with Crippen LogP contribution in [0.4, 0.5) is 0 Å². The molecule has 1 atom stereocenters. The van der Waals surface area contributed by atoms with Crippen LogP contribution in [0.25, 0.3) is 0 Å². The average molecular weight is 256 g/mol. The molecule has 1 aromatic carbocycles. The summed E-state index contributed by atoms with van der Waals surface area (Å²) < 4.78 is 7.84. The van der Waals surface area contributed by atoms with E-state index in [1.165, 1.54) is 18.4 Å². The molecule has 1 fully saturated rings. The van der Waals surface area contributed by atoms with Crippen molar-refractivity contribution < 1.29 is 4.74 Å². The molecule has 1 aliphatic carbocycles. The molecule has 1 saturated carbocycles. The summed E-state index contributed by atoms with van der Waals surface area (Å²) in [7, 11) is 0. The van der Waals surface area contributed by atoms with E-state index in [9.17, 15) is 0 Å². The monoisotopic (exact) mass is 256 g/mol. The van der Waals surface area contributed by atoms with Gasteiger partial charge in [-0.1, -0.05) is 18.2 Å². The van der Waals surface area contributed by atoms with Crippen molar-refractivity contribution in [2.24, 2.45) is 11.7 Å². The van der Waals surface area contributed by atoms with Gasteiger partial charge in [-0.05, 0) is 42.5 Å². The van der Waals surface area contributed by atoms with Crippen molar-refractivity contribution in [3.05, 3.63) is 54.4 Å². The van der Waals surface area contributed by atoms with Gasteiger partial charge in [0.05, 0.1) is 6.54 Å². The Morgan fingerprint density at radius 3 is 2.74 bits per heavy atom. The highest BCUT2D eigenvalue weighted by atomic mass is 16.5. The lowest BCUT2D eigenvalue weighted by Crippen LogP contribution is -2.12. The van der Waals surface area contributed by atoms with Gasteiger partial charge in [0, 0.05) is 18.4 Å². The first kappa shape index (κ1) is 12.3. The second-order valence-corrected chi connectivity index (χ2v) is 5.21. The molecule has 3 nitrogen and oxygen atoms in total. The first-order chi connectivity index (χ1) is 9.33. The molecule has 0 saturated heterocycles. The number of para-hydroxylation sites is 1. The lowest BCUT2D eigenvalue weighted by molar-refractivity contribution is 0.298. The number of hydrogen-bond acceptors (Lipinski definition) is 2. The fourth-order valence-electron chi connectivity index (χ4n) is 2.31. The van der Waals surface area contributed by atoms with Gasteiger partial charge in [-0.25, -0.2) is 0 Å². The fourth-order valence-corrected chi connectivity index (χ4v) is 2.31. The van der Waals surface area contributed by atoms with Crippen LogP contribution < -0.4 is 10.5 Å². The number of hydrogen-bond donors (Lipinski definition) is 1. The fraction of sp³-hybridized carbons (Fsp3) is 0.375. The van der Waals surface area contributed by atoms with Crippen molar-refractivity contribution >= 4 is 0 Å². The molecule has 1 unspecified atom stereocenters. The molecule has 1 heterocycles. The van der Waals surface area contributed by atoms with Crippen molar-refractivity contribution in [3.63, 3.8) is 0 Å². The van der Waals surface area contributed by atoms with Crippen molar-refractivity contribution in [2.45, 2.75) is 25.4 Å². The van der Waals surface area contributed by atoms with Gasteiger partial charge < -0.3 is 15.0 Å². The number of nitrogens with zero attached hydrogens (tertiary/aromatic N) is 1. The summed E-state index contributed by atoms with van der Waals surface area (Å²) in [6, 6.07) is 12.3. The highest BCUT2D eigenvalue weighted by molar-refractivity contribution is 5.21. The average Bonchev–Trinajstić information content (AvgIpc) is 3.19. The van der Waals surface area contributed by atoms with Gasteiger partial charge in [0.1, 0.15) is 12.4 Å². The van der Waals surface area contributed by atoms with Crippen molar-refractivity contribution in [1.29, 1.82) is 0 Å². The van der Waals surface area contributed by atoms with E-state index in [1.54, 1.807) is 0 Å². The van der Waals surface area contributed by atoms with Gasteiger partial charge in [-0.3, -0.25) is 0 Å². The Morgan fingerprint density at radius 1 is 1.21 bits per heavy atom. The molecule has 2 N–H and O–H groups in total. The molecule has 0 amide bonds. The van der Waals surface area contributed by atoms with Crippen molar-refractivity contribution in [1.82, 2.24) is 4.57 Å². The number of aromatic nitrogens is 1. The molecule has 19 heavy (non-hydrogen) atoms. The van der Waals surface area contributed by atoms with Crippen LogP contribution in [-0.4, -0.2) is 11.2 Å². The number of benzene rings is 1. The summed E-state index contributed by atoms with van der Waals surface area (Å²) in [5.41, 5.74) is 7.44. The van der Waals surface area contributed by atoms with Crippen LogP contribution in [0.15, 0.2) is 48.8 Å². The zero-order valence-corrected chi connectivity index (χ0v) is 11.0. The highest BCUT2D eigenvalue weighted by Gasteiger charge is 2.29. The Hall–Kier alpha value is -1.74. The predicted octanol–water partition coefficient (Wildman–Crippen LogP) is 2.98. The smallest absolute Gasteiger partial charge is 0.119 e. The molecule has 1 aromatic heterocycles. The van der Waals surface area contributed by atoms with E-state index in [0.29, 0.717) is 12.5 Å². The van der Waals surface area contributed by atoms with Crippen LogP contribution in [0.3, 0.4) is 0 Å². The van der Waals surface area contributed by atoms with E-state index in [1.807, 2.05) is 30.3 Å². The maximum absolute atomic E-state index is 6.19. The first-order valence-corrected chi connectivity index (χ1v) is 6.92. The SMILES string of the molecule is NC(c1ccn(CCOc2ccccc2)c1)C1CC1. The minimum absolute atomic E-state index is 0.219. The largest absolute Gasteiger partial charge is 0.492 e. The molecule has 1 aliphatic rings. The summed E-state index contributed by atoms with van der Waals surface area (Å²) in [6.07, 6.45) is 6.80. The van der Waals surface area contributed by atoms with Gasteiger partial charge in [0.15, 0.2) is 0 Å².